The maximum Gasteiger partial charge on any atom is 0.416 e. The van der Waals surface area contributed by atoms with E-state index < -0.39 is 29.6 Å². The number of halogens is 4. The van der Waals surface area contributed by atoms with Crippen molar-refractivity contribution in [2.45, 2.75) is 32.2 Å². The van der Waals surface area contributed by atoms with E-state index in [1.165, 1.54) is 31.4 Å². The van der Waals surface area contributed by atoms with Crippen molar-refractivity contribution >= 4 is 11.9 Å². The largest absolute Gasteiger partial charge is 0.466 e. The van der Waals surface area contributed by atoms with E-state index in [9.17, 15) is 22.4 Å². The van der Waals surface area contributed by atoms with Crippen molar-refractivity contribution in [2.24, 2.45) is 4.99 Å². The molecule has 37 heavy (non-hydrogen) atoms. The minimum absolute atomic E-state index is 0.140. The first kappa shape index (κ1) is 25.9. The topological polar surface area (TPSA) is 53.9 Å². The molecule has 1 atom stereocenters. The quantitative estimate of drug-likeness (QED) is 0.326. The van der Waals surface area contributed by atoms with Gasteiger partial charge in [0.25, 0.3) is 0 Å². The number of guanidine groups is 1. The molecule has 1 aliphatic rings. The standard InChI is InChI=1S/C28H25F4N3O2/c1-18-24(26(36)37-2)25(21-9-6-10-23(29)15-21)34-27(33-16-19-7-4-3-5-8-19)35(18)17-20-11-13-22(14-12-20)28(30,31)32/h3-15,25H,16-17H2,1-2H3,(H,33,34). The van der Waals surface area contributed by atoms with Gasteiger partial charge in [0.05, 0.1) is 37.4 Å². The normalized spacial score (nSPS) is 17.1. The summed E-state index contributed by atoms with van der Waals surface area (Å²) in [6.07, 6.45) is -4.44. The monoisotopic (exact) mass is 511 g/mol. The molecule has 0 aliphatic carbocycles. The Labute approximate surface area is 212 Å². The van der Waals surface area contributed by atoms with E-state index in [1.54, 1.807) is 24.0 Å². The van der Waals surface area contributed by atoms with Crippen LogP contribution < -0.4 is 5.32 Å². The van der Waals surface area contributed by atoms with E-state index in [-0.39, 0.29) is 12.1 Å². The van der Waals surface area contributed by atoms with Crippen molar-refractivity contribution in [2.75, 3.05) is 7.11 Å². The zero-order chi connectivity index (χ0) is 26.6. The van der Waals surface area contributed by atoms with Crippen molar-refractivity contribution in [3.05, 3.63) is 118 Å². The number of carbonyl (C=O) groups is 1. The number of alkyl halides is 3. The number of rotatable bonds is 6. The number of methoxy groups -OCH3 is 1. The molecule has 4 rings (SSSR count). The molecule has 0 amide bonds. The summed E-state index contributed by atoms with van der Waals surface area (Å²) >= 11 is 0. The van der Waals surface area contributed by atoms with Crippen molar-refractivity contribution in [1.29, 1.82) is 0 Å². The second kappa shape index (κ2) is 10.9. The van der Waals surface area contributed by atoms with Gasteiger partial charge in [-0.05, 0) is 47.9 Å². The molecular formula is C28H25F4N3O2. The molecule has 1 unspecified atom stereocenters. The summed E-state index contributed by atoms with van der Waals surface area (Å²) in [6.45, 7) is 2.16. The average molecular weight is 512 g/mol. The molecule has 1 heterocycles. The van der Waals surface area contributed by atoms with Crippen molar-refractivity contribution < 1.29 is 27.1 Å². The van der Waals surface area contributed by atoms with Gasteiger partial charge in [-0.2, -0.15) is 13.2 Å². The molecule has 3 aromatic rings. The molecule has 3 aromatic carbocycles. The molecule has 9 heteroatoms. The molecule has 1 N–H and O–H groups in total. The molecule has 192 valence electrons. The third kappa shape index (κ3) is 5.99. The number of carbonyl (C=O) groups excluding carboxylic acids is 1. The maximum absolute atomic E-state index is 14.1. The molecular weight excluding hydrogens is 486 g/mol. The molecule has 0 saturated heterocycles. The zero-order valence-electron chi connectivity index (χ0n) is 20.2. The third-order valence-corrected chi connectivity index (χ3v) is 6.08. The summed E-state index contributed by atoms with van der Waals surface area (Å²) in [7, 11) is 1.25. The van der Waals surface area contributed by atoms with E-state index >= 15 is 0 Å². The van der Waals surface area contributed by atoms with Crippen LogP contribution in [0.25, 0.3) is 0 Å². The van der Waals surface area contributed by atoms with Gasteiger partial charge in [-0.25, -0.2) is 14.2 Å². The highest BCUT2D eigenvalue weighted by Crippen LogP contribution is 2.33. The minimum Gasteiger partial charge on any atom is -0.466 e. The molecule has 0 radical (unpaired) electrons. The van der Waals surface area contributed by atoms with Gasteiger partial charge in [-0.15, -0.1) is 0 Å². The third-order valence-electron chi connectivity index (χ3n) is 6.08. The molecule has 0 spiro atoms. The van der Waals surface area contributed by atoms with Gasteiger partial charge in [0.2, 0.25) is 0 Å². The Morgan fingerprint density at radius 1 is 1.00 bits per heavy atom. The maximum atomic E-state index is 14.1. The van der Waals surface area contributed by atoms with Crippen LogP contribution in [0, 0.1) is 5.82 Å². The van der Waals surface area contributed by atoms with E-state index in [4.69, 9.17) is 9.73 Å². The molecule has 0 saturated carbocycles. The minimum atomic E-state index is -4.44. The fourth-order valence-electron chi connectivity index (χ4n) is 4.16. The van der Waals surface area contributed by atoms with Gasteiger partial charge in [-0.1, -0.05) is 54.6 Å². The highest BCUT2D eigenvalue weighted by molar-refractivity contribution is 5.96. The van der Waals surface area contributed by atoms with Gasteiger partial charge < -0.3 is 15.0 Å². The Morgan fingerprint density at radius 2 is 1.70 bits per heavy atom. The van der Waals surface area contributed by atoms with Crippen molar-refractivity contribution in [1.82, 2.24) is 10.2 Å². The summed E-state index contributed by atoms with van der Waals surface area (Å²) < 4.78 is 58.3. The lowest BCUT2D eigenvalue weighted by Gasteiger charge is -2.38. The Kier molecular flexibility index (Phi) is 7.61. The van der Waals surface area contributed by atoms with Gasteiger partial charge in [0.15, 0.2) is 5.96 Å². The number of benzene rings is 3. The number of ether oxygens (including phenoxy) is 1. The predicted octanol–water partition coefficient (Wildman–Crippen LogP) is 5.99. The van der Waals surface area contributed by atoms with E-state index in [2.05, 4.69) is 5.32 Å². The second-order valence-corrected chi connectivity index (χ2v) is 8.53. The highest BCUT2D eigenvalue weighted by atomic mass is 19.4. The van der Waals surface area contributed by atoms with Gasteiger partial charge in [0, 0.05) is 5.70 Å². The Morgan fingerprint density at radius 3 is 2.32 bits per heavy atom. The highest BCUT2D eigenvalue weighted by Gasteiger charge is 2.36. The number of aliphatic imine (C=N–C) groups is 1. The van der Waals surface area contributed by atoms with Crippen molar-refractivity contribution in [3.8, 4) is 0 Å². The van der Waals surface area contributed by atoms with Crippen LogP contribution in [0.1, 0.15) is 35.2 Å². The van der Waals surface area contributed by atoms with Gasteiger partial charge >= 0.3 is 12.1 Å². The summed E-state index contributed by atoms with van der Waals surface area (Å²) in [5.41, 5.74) is 2.01. The lowest BCUT2D eigenvalue weighted by Crippen LogP contribution is -2.48. The number of nitrogens with zero attached hydrogens (tertiary/aromatic N) is 2. The first-order chi connectivity index (χ1) is 17.7. The molecule has 5 nitrogen and oxygen atoms in total. The average Bonchev–Trinajstić information content (AvgIpc) is 2.88. The zero-order valence-corrected chi connectivity index (χ0v) is 20.2. The predicted molar refractivity (Wildman–Crippen MR) is 132 cm³/mol. The van der Waals surface area contributed by atoms with Gasteiger partial charge in [0.1, 0.15) is 5.82 Å². The first-order valence-electron chi connectivity index (χ1n) is 11.5. The summed E-state index contributed by atoms with van der Waals surface area (Å²) in [5.74, 6) is -0.682. The molecule has 0 fully saturated rings. The van der Waals surface area contributed by atoms with Crippen LogP contribution in [0.5, 0.6) is 0 Å². The summed E-state index contributed by atoms with van der Waals surface area (Å²) in [5, 5.41) is 3.24. The van der Waals surface area contributed by atoms with Crippen LogP contribution >= 0.6 is 0 Å². The van der Waals surface area contributed by atoms with E-state index in [1.807, 2.05) is 30.3 Å². The number of hydrogen-bond donors (Lipinski definition) is 1. The summed E-state index contributed by atoms with van der Waals surface area (Å²) in [6, 6.07) is 19.4. The van der Waals surface area contributed by atoms with Crippen LogP contribution in [0.15, 0.2) is 95.1 Å². The Hall–Kier alpha value is -4.14. The smallest absolute Gasteiger partial charge is 0.416 e. The van der Waals surface area contributed by atoms with Crippen LogP contribution in [0.4, 0.5) is 17.6 Å². The SMILES string of the molecule is COC(=O)C1=C(C)N(Cc2ccc(C(F)(F)F)cc2)C(=NCc2ccccc2)NC1c1cccc(F)c1. The lowest BCUT2D eigenvalue weighted by molar-refractivity contribution is -0.138. The van der Waals surface area contributed by atoms with Crippen LogP contribution in [0.3, 0.4) is 0 Å². The fraction of sp³-hybridized carbons (Fsp3) is 0.214. The van der Waals surface area contributed by atoms with Crippen LogP contribution in [0.2, 0.25) is 0 Å². The molecule has 0 bridgehead atoms. The lowest BCUT2D eigenvalue weighted by atomic mass is 9.94. The Bertz CT molecular complexity index is 1320. The second-order valence-electron chi connectivity index (χ2n) is 8.53. The number of nitrogens with one attached hydrogen (secondary N) is 1. The Balaban J connectivity index is 1.78. The molecule has 1 aliphatic heterocycles. The first-order valence-corrected chi connectivity index (χ1v) is 11.5. The van der Waals surface area contributed by atoms with Crippen LogP contribution in [-0.2, 0) is 28.8 Å². The number of hydrogen-bond acceptors (Lipinski definition) is 3. The number of esters is 1. The fourth-order valence-corrected chi connectivity index (χ4v) is 4.16. The van der Waals surface area contributed by atoms with E-state index in [0.717, 1.165) is 17.7 Å². The molecule has 0 aromatic heterocycles. The van der Waals surface area contributed by atoms with Crippen molar-refractivity contribution in [3.63, 3.8) is 0 Å². The number of allylic oxidation sites excluding steroid dienone is 1. The van der Waals surface area contributed by atoms with Gasteiger partial charge in [-0.3, -0.25) is 0 Å². The summed E-state index contributed by atoms with van der Waals surface area (Å²) in [4.78, 5) is 19.3. The van der Waals surface area contributed by atoms with Crippen LogP contribution in [-0.4, -0.2) is 23.9 Å². The van der Waals surface area contributed by atoms with E-state index in [0.29, 0.717) is 29.3 Å².